The lowest BCUT2D eigenvalue weighted by molar-refractivity contribution is -0.134. The Morgan fingerprint density at radius 1 is 1.37 bits per heavy atom. The van der Waals surface area contributed by atoms with Gasteiger partial charge in [-0.05, 0) is 49.4 Å². The molecule has 0 spiro atoms. The molecule has 3 heterocycles. The van der Waals surface area contributed by atoms with Crippen LogP contribution in [-0.2, 0) is 27.8 Å². The zero-order valence-electron chi connectivity index (χ0n) is 15.7. The number of ether oxygens (including phenoxy) is 1. The van der Waals surface area contributed by atoms with Gasteiger partial charge in [0.1, 0.15) is 11.3 Å². The highest BCUT2D eigenvalue weighted by molar-refractivity contribution is 7.88. The Bertz CT molecular complexity index is 841. The van der Waals surface area contributed by atoms with Gasteiger partial charge in [0.05, 0.1) is 12.9 Å². The molecule has 1 amide bonds. The number of hydrogen-bond donors (Lipinski definition) is 2. The molecular weight excluding hydrogens is 366 g/mol. The number of piperidine rings is 1. The molecule has 8 heteroatoms. The van der Waals surface area contributed by atoms with Crippen molar-refractivity contribution >= 4 is 15.9 Å². The van der Waals surface area contributed by atoms with Gasteiger partial charge in [0.2, 0.25) is 15.9 Å². The lowest BCUT2D eigenvalue weighted by Gasteiger charge is -2.40. The van der Waals surface area contributed by atoms with Gasteiger partial charge in [-0.3, -0.25) is 9.69 Å². The zero-order valence-corrected chi connectivity index (χ0v) is 16.5. The van der Waals surface area contributed by atoms with E-state index in [0.717, 1.165) is 50.1 Å². The molecule has 0 bridgehead atoms. The number of benzene rings is 1. The standard InChI is InChI=1S/C19H27N3O4S/c1-27(24,25)21-16-11-19(7-2-3-8-22(19)13-16)18(23)20-12-14-4-5-17-15(10-14)6-9-26-17/h4-5,10,16,21H,2-3,6-9,11-13H2,1H3,(H,20,23)/t16-,19+/m0/s1. The maximum absolute atomic E-state index is 13.2. The summed E-state index contributed by atoms with van der Waals surface area (Å²) in [6.07, 6.45) is 5.43. The Hall–Kier alpha value is -1.64. The second-order valence-corrected chi connectivity index (χ2v) is 9.73. The second-order valence-electron chi connectivity index (χ2n) is 7.95. The first kappa shape index (κ1) is 18.7. The van der Waals surface area contributed by atoms with E-state index in [4.69, 9.17) is 4.74 Å². The van der Waals surface area contributed by atoms with E-state index in [0.29, 0.717) is 19.5 Å². The maximum atomic E-state index is 13.2. The SMILES string of the molecule is CS(=O)(=O)N[C@@H]1CN2CCCC[C@]2(C(=O)NCc2ccc3c(c2)CCO3)C1. The van der Waals surface area contributed by atoms with Crippen LogP contribution in [0.15, 0.2) is 18.2 Å². The van der Waals surface area contributed by atoms with Crippen LogP contribution < -0.4 is 14.8 Å². The van der Waals surface area contributed by atoms with Crippen LogP contribution in [0.25, 0.3) is 0 Å². The van der Waals surface area contributed by atoms with Gasteiger partial charge in [0, 0.05) is 25.6 Å². The summed E-state index contributed by atoms with van der Waals surface area (Å²) in [6, 6.07) is 5.85. The molecule has 2 saturated heterocycles. The van der Waals surface area contributed by atoms with Crippen molar-refractivity contribution in [1.82, 2.24) is 14.9 Å². The highest BCUT2D eigenvalue weighted by atomic mass is 32.2. The number of carbonyl (C=O) groups excluding carboxylic acids is 1. The molecule has 3 aliphatic rings. The summed E-state index contributed by atoms with van der Waals surface area (Å²) in [6.45, 7) is 2.63. The molecular formula is C19H27N3O4S. The molecule has 148 valence electrons. The Morgan fingerprint density at radius 2 is 2.22 bits per heavy atom. The summed E-state index contributed by atoms with van der Waals surface area (Å²) in [7, 11) is -3.28. The van der Waals surface area contributed by atoms with Gasteiger partial charge in [-0.2, -0.15) is 0 Å². The predicted octanol–water partition coefficient (Wildman–Crippen LogP) is 0.784. The van der Waals surface area contributed by atoms with Crippen molar-refractivity contribution in [2.45, 2.75) is 50.2 Å². The van der Waals surface area contributed by atoms with Gasteiger partial charge in [-0.15, -0.1) is 0 Å². The number of nitrogens with one attached hydrogen (secondary N) is 2. The molecule has 2 atom stereocenters. The first-order chi connectivity index (χ1) is 12.9. The van der Waals surface area contributed by atoms with Crippen molar-refractivity contribution in [3.8, 4) is 5.75 Å². The molecule has 7 nitrogen and oxygen atoms in total. The van der Waals surface area contributed by atoms with Gasteiger partial charge < -0.3 is 10.1 Å². The molecule has 2 N–H and O–H groups in total. The molecule has 27 heavy (non-hydrogen) atoms. The summed E-state index contributed by atoms with van der Waals surface area (Å²) in [5.74, 6) is 0.948. The van der Waals surface area contributed by atoms with Crippen LogP contribution in [0.2, 0.25) is 0 Å². The summed E-state index contributed by atoms with van der Waals surface area (Å²) >= 11 is 0. The lowest BCUT2D eigenvalue weighted by Crippen LogP contribution is -2.57. The third-order valence-electron chi connectivity index (χ3n) is 5.91. The van der Waals surface area contributed by atoms with Gasteiger partial charge in [0.15, 0.2) is 0 Å². The fourth-order valence-electron chi connectivity index (χ4n) is 4.76. The average Bonchev–Trinajstić information content (AvgIpc) is 3.21. The van der Waals surface area contributed by atoms with Crippen molar-refractivity contribution in [3.63, 3.8) is 0 Å². The Labute approximate surface area is 160 Å². The number of carbonyl (C=O) groups is 1. The van der Waals surface area contributed by atoms with Crippen LogP contribution in [0.4, 0.5) is 0 Å². The predicted molar refractivity (Wildman–Crippen MR) is 102 cm³/mol. The topological polar surface area (TPSA) is 87.7 Å². The Kier molecular flexibility index (Phi) is 4.90. The largest absolute Gasteiger partial charge is 0.493 e. The van der Waals surface area contributed by atoms with Crippen molar-refractivity contribution in [1.29, 1.82) is 0 Å². The normalized spacial score (nSPS) is 27.7. The van der Waals surface area contributed by atoms with E-state index >= 15 is 0 Å². The quantitative estimate of drug-likeness (QED) is 0.772. The summed E-state index contributed by atoms with van der Waals surface area (Å²) in [4.78, 5) is 15.3. The molecule has 0 unspecified atom stereocenters. The van der Waals surface area contributed by atoms with Crippen LogP contribution in [0.5, 0.6) is 5.75 Å². The molecule has 0 saturated carbocycles. The minimum atomic E-state index is -3.28. The summed E-state index contributed by atoms with van der Waals surface area (Å²) < 4.78 is 31.5. The third kappa shape index (κ3) is 3.83. The number of amides is 1. The molecule has 3 aliphatic heterocycles. The van der Waals surface area contributed by atoms with Crippen LogP contribution in [0.3, 0.4) is 0 Å². The van der Waals surface area contributed by atoms with Crippen LogP contribution in [0.1, 0.15) is 36.8 Å². The van der Waals surface area contributed by atoms with Crippen molar-refractivity contribution < 1.29 is 17.9 Å². The average molecular weight is 394 g/mol. The Balaban J connectivity index is 1.45. The molecule has 0 radical (unpaired) electrons. The van der Waals surface area contributed by atoms with E-state index in [2.05, 4.69) is 21.0 Å². The number of hydrogen-bond acceptors (Lipinski definition) is 5. The number of rotatable bonds is 5. The van der Waals surface area contributed by atoms with E-state index < -0.39 is 15.6 Å². The first-order valence-electron chi connectivity index (χ1n) is 9.61. The fraction of sp³-hybridized carbons (Fsp3) is 0.632. The highest BCUT2D eigenvalue weighted by Crippen LogP contribution is 2.38. The monoisotopic (exact) mass is 393 g/mol. The van der Waals surface area contributed by atoms with Gasteiger partial charge in [0.25, 0.3) is 0 Å². The van der Waals surface area contributed by atoms with E-state index in [1.165, 1.54) is 11.8 Å². The van der Waals surface area contributed by atoms with Crippen molar-refractivity contribution in [2.75, 3.05) is 26.0 Å². The van der Waals surface area contributed by atoms with Crippen LogP contribution >= 0.6 is 0 Å². The van der Waals surface area contributed by atoms with Gasteiger partial charge in [-0.25, -0.2) is 13.1 Å². The first-order valence-corrected chi connectivity index (χ1v) is 11.5. The number of nitrogens with zero attached hydrogens (tertiary/aromatic N) is 1. The molecule has 1 aromatic rings. The van der Waals surface area contributed by atoms with E-state index in [9.17, 15) is 13.2 Å². The lowest BCUT2D eigenvalue weighted by atomic mass is 9.85. The Morgan fingerprint density at radius 3 is 3.04 bits per heavy atom. The molecule has 4 rings (SSSR count). The van der Waals surface area contributed by atoms with Crippen LogP contribution in [-0.4, -0.2) is 56.8 Å². The smallest absolute Gasteiger partial charge is 0.240 e. The molecule has 0 aliphatic carbocycles. The number of sulfonamides is 1. The summed E-state index contributed by atoms with van der Waals surface area (Å²) in [5, 5.41) is 3.11. The van der Waals surface area contributed by atoms with Crippen molar-refractivity contribution in [3.05, 3.63) is 29.3 Å². The van der Waals surface area contributed by atoms with Crippen molar-refractivity contribution in [2.24, 2.45) is 0 Å². The molecule has 2 fully saturated rings. The van der Waals surface area contributed by atoms with Crippen LogP contribution in [0, 0.1) is 0 Å². The van der Waals surface area contributed by atoms with E-state index in [1.807, 2.05) is 12.1 Å². The fourth-order valence-corrected chi connectivity index (χ4v) is 5.52. The second kappa shape index (κ2) is 7.07. The molecule has 0 aromatic heterocycles. The summed E-state index contributed by atoms with van der Waals surface area (Å²) in [5.41, 5.74) is 1.66. The number of fused-ring (bicyclic) bond motifs is 2. The maximum Gasteiger partial charge on any atom is 0.240 e. The minimum Gasteiger partial charge on any atom is -0.493 e. The molecule has 1 aromatic carbocycles. The van der Waals surface area contributed by atoms with E-state index in [-0.39, 0.29) is 11.9 Å². The van der Waals surface area contributed by atoms with E-state index in [1.54, 1.807) is 0 Å². The minimum absolute atomic E-state index is 0.0109. The third-order valence-corrected chi connectivity index (χ3v) is 6.67. The van der Waals surface area contributed by atoms with Gasteiger partial charge >= 0.3 is 0 Å². The van der Waals surface area contributed by atoms with Gasteiger partial charge in [-0.1, -0.05) is 12.1 Å². The highest BCUT2D eigenvalue weighted by Gasteiger charge is 2.52. The zero-order chi connectivity index (χ0) is 19.1.